The van der Waals surface area contributed by atoms with Gasteiger partial charge in [-0.2, -0.15) is 4.98 Å². The SMILES string of the molecule is Cc1cc(Oc2ccc(Br)c(C=O)c2)nc(-c2cccc([N+](=O)[O-])c2)n1. The number of non-ortho nitro benzene ring substituents is 1. The van der Waals surface area contributed by atoms with Crippen LogP contribution < -0.4 is 4.74 Å². The number of nitro groups is 1. The minimum absolute atomic E-state index is 0.0430. The van der Waals surface area contributed by atoms with Crippen molar-refractivity contribution in [1.82, 2.24) is 9.97 Å². The number of rotatable bonds is 5. The van der Waals surface area contributed by atoms with E-state index in [1.165, 1.54) is 12.1 Å². The van der Waals surface area contributed by atoms with E-state index in [-0.39, 0.29) is 11.6 Å². The summed E-state index contributed by atoms with van der Waals surface area (Å²) in [5.41, 5.74) is 1.56. The Kier molecular flexibility index (Phi) is 5.04. The number of carbonyl (C=O) groups is 1. The van der Waals surface area contributed by atoms with Crippen LogP contribution in [0, 0.1) is 17.0 Å². The molecule has 0 spiro atoms. The molecule has 130 valence electrons. The van der Waals surface area contributed by atoms with Crippen LogP contribution in [-0.2, 0) is 0 Å². The van der Waals surface area contributed by atoms with Crippen LogP contribution in [0.15, 0.2) is 53.0 Å². The number of ether oxygens (including phenoxy) is 1. The third-order valence-electron chi connectivity index (χ3n) is 3.46. The van der Waals surface area contributed by atoms with Gasteiger partial charge in [-0.15, -0.1) is 0 Å². The highest BCUT2D eigenvalue weighted by Crippen LogP contribution is 2.27. The number of aromatic nitrogens is 2. The first kappa shape index (κ1) is 17.7. The summed E-state index contributed by atoms with van der Waals surface area (Å²) in [7, 11) is 0. The summed E-state index contributed by atoms with van der Waals surface area (Å²) in [6.07, 6.45) is 0.719. The molecule has 0 saturated carbocycles. The van der Waals surface area contributed by atoms with Crippen LogP contribution in [0.4, 0.5) is 5.69 Å². The molecule has 7 nitrogen and oxygen atoms in total. The number of aryl methyl sites for hydroxylation is 1. The van der Waals surface area contributed by atoms with Crippen LogP contribution in [0.2, 0.25) is 0 Å². The fraction of sp³-hybridized carbons (Fsp3) is 0.0556. The Labute approximate surface area is 157 Å². The maximum Gasteiger partial charge on any atom is 0.270 e. The summed E-state index contributed by atoms with van der Waals surface area (Å²) in [6, 6.07) is 12.7. The average molecular weight is 414 g/mol. The summed E-state index contributed by atoms with van der Waals surface area (Å²) in [6.45, 7) is 1.77. The van der Waals surface area contributed by atoms with E-state index in [1.54, 1.807) is 43.3 Å². The molecule has 0 bridgehead atoms. The van der Waals surface area contributed by atoms with Gasteiger partial charge in [-0.1, -0.05) is 28.1 Å². The van der Waals surface area contributed by atoms with E-state index in [0.717, 1.165) is 6.29 Å². The van der Waals surface area contributed by atoms with Crippen molar-refractivity contribution in [3.8, 4) is 23.0 Å². The molecule has 0 N–H and O–H groups in total. The van der Waals surface area contributed by atoms with Crippen molar-refractivity contribution in [2.45, 2.75) is 6.92 Å². The normalized spacial score (nSPS) is 10.4. The first-order valence-corrected chi connectivity index (χ1v) is 8.28. The number of nitrogens with zero attached hydrogens (tertiary/aromatic N) is 3. The zero-order chi connectivity index (χ0) is 18.7. The zero-order valence-corrected chi connectivity index (χ0v) is 15.1. The Balaban J connectivity index is 1.97. The third kappa shape index (κ3) is 3.92. The quantitative estimate of drug-likeness (QED) is 0.340. The largest absolute Gasteiger partial charge is 0.439 e. The Hall–Kier alpha value is -3.13. The van der Waals surface area contributed by atoms with Gasteiger partial charge in [0.05, 0.1) is 4.92 Å². The summed E-state index contributed by atoms with van der Waals surface area (Å²) >= 11 is 3.28. The molecule has 0 aliphatic heterocycles. The molecule has 3 rings (SSSR count). The van der Waals surface area contributed by atoms with Crippen LogP contribution in [0.1, 0.15) is 16.1 Å². The lowest BCUT2D eigenvalue weighted by Crippen LogP contribution is -1.97. The van der Waals surface area contributed by atoms with E-state index in [1.807, 2.05) is 0 Å². The number of hydrogen-bond donors (Lipinski definition) is 0. The molecular formula is C18H12BrN3O4. The number of aldehydes is 1. The maximum atomic E-state index is 11.0. The number of hydrogen-bond acceptors (Lipinski definition) is 6. The average Bonchev–Trinajstić information content (AvgIpc) is 2.63. The Morgan fingerprint density at radius 2 is 1.96 bits per heavy atom. The van der Waals surface area contributed by atoms with Gasteiger partial charge >= 0.3 is 0 Å². The molecule has 1 aromatic heterocycles. The van der Waals surface area contributed by atoms with Gasteiger partial charge in [0.25, 0.3) is 5.69 Å². The van der Waals surface area contributed by atoms with Gasteiger partial charge < -0.3 is 4.74 Å². The van der Waals surface area contributed by atoms with Gasteiger partial charge in [0.1, 0.15) is 5.75 Å². The zero-order valence-electron chi connectivity index (χ0n) is 13.5. The van der Waals surface area contributed by atoms with Crippen LogP contribution in [-0.4, -0.2) is 21.2 Å². The van der Waals surface area contributed by atoms with Gasteiger partial charge in [-0.3, -0.25) is 14.9 Å². The summed E-state index contributed by atoms with van der Waals surface area (Å²) in [5.74, 6) is 1.04. The van der Waals surface area contributed by atoms with Crippen molar-refractivity contribution in [2.24, 2.45) is 0 Å². The summed E-state index contributed by atoms with van der Waals surface area (Å²) in [5, 5.41) is 11.0. The molecule has 0 radical (unpaired) electrons. The molecule has 0 atom stereocenters. The summed E-state index contributed by atoms with van der Waals surface area (Å²) < 4.78 is 6.39. The molecule has 0 amide bonds. The van der Waals surface area contributed by atoms with Crippen LogP contribution in [0.3, 0.4) is 0 Å². The lowest BCUT2D eigenvalue weighted by molar-refractivity contribution is -0.384. The first-order chi connectivity index (χ1) is 12.5. The van der Waals surface area contributed by atoms with E-state index in [9.17, 15) is 14.9 Å². The lowest BCUT2D eigenvalue weighted by Gasteiger charge is -2.09. The topological polar surface area (TPSA) is 95.2 Å². The van der Waals surface area contributed by atoms with E-state index in [4.69, 9.17) is 4.74 Å². The van der Waals surface area contributed by atoms with E-state index in [0.29, 0.717) is 32.9 Å². The fourth-order valence-electron chi connectivity index (χ4n) is 2.28. The van der Waals surface area contributed by atoms with Crippen LogP contribution >= 0.6 is 15.9 Å². The highest BCUT2D eigenvalue weighted by atomic mass is 79.9. The third-order valence-corrected chi connectivity index (χ3v) is 4.18. The molecule has 3 aromatic rings. The molecule has 0 aliphatic carbocycles. The van der Waals surface area contributed by atoms with Crippen LogP contribution in [0.5, 0.6) is 11.6 Å². The predicted octanol–water partition coefficient (Wildman–Crippen LogP) is 4.73. The standard InChI is InChI=1S/C18H12BrN3O4/c1-11-7-17(26-15-5-6-16(19)13(9-15)10-23)21-18(20-11)12-3-2-4-14(8-12)22(24)25/h2-10H,1H3. The predicted molar refractivity (Wildman–Crippen MR) is 98.5 cm³/mol. The molecule has 8 heteroatoms. The maximum absolute atomic E-state index is 11.0. The minimum atomic E-state index is -0.473. The van der Waals surface area contributed by atoms with Crippen molar-refractivity contribution >= 4 is 27.9 Å². The molecule has 0 saturated heterocycles. The second-order valence-electron chi connectivity index (χ2n) is 5.38. The highest BCUT2D eigenvalue weighted by molar-refractivity contribution is 9.10. The number of halogens is 1. The molecule has 0 unspecified atom stereocenters. The molecule has 0 aliphatic rings. The van der Waals surface area contributed by atoms with E-state index >= 15 is 0 Å². The molecule has 0 fully saturated rings. The first-order valence-electron chi connectivity index (χ1n) is 7.49. The van der Waals surface area contributed by atoms with Gasteiger partial charge in [0.15, 0.2) is 12.1 Å². The number of nitro benzene ring substituents is 1. The monoisotopic (exact) mass is 413 g/mol. The number of carbonyl (C=O) groups excluding carboxylic acids is 1. The smallest absolute Gasteiger partial charge is 0.270 e. The van der Waals surface area contributed by atoms with Gasteiger partial charge in [0.2, 0.25) is 5.88 Å². The van der Waals surface area contributed by atoms with Gasteiger partial charge in [-0.25, -0.2) is 4.98 Å². The highest BCUT2D eigenvalue weighted by Gasteiger charge is 2.12. The molecular weight excluding hydrogens is 402 g/mol. The van der Waals surface area contributed by atoms with E-state index < -0.39 is 4.92 Å². The second kappa shape index (κ2) is 7.40. The van der Waals surface area contributed by atoms with Gasteiger partial charge in [-0.05, 0) is 25.1 Å². The minimum Gasteiger partial charge on any atom is -0.439 e. The molecule has 26 heavy (non-hydrogen) atoms. The second-order valence-corrected chi connectivity index (χ2v) is 6.24. The Morgan fingerprint density at radius 3 is 2.69 bits per heavy atom. The molecule has 2 aromatic carbocycles. The van der Waals surface area contributed by atoms with Gasteiger partial charge in [0, 0.05) is 39.5 Å². The van der Waals surface area contributed by atoms with Crippen molar-refractivity contribution in [3.05, 3.63) is 74.4 Å². The fourth-order valence-corrected chi connectivity index (χ4v) is 2.62. The number of benzene rings is 2. The van der Waals surface area contributed by atoms with Crippen LogP contribution in [0.25, 0.3) is 11.4 Å². The van der Waals surface area contributed by atoms with Crippen molar-refractivity contribution < 1.29 is 14.5 Å². The van der Waals surface area contributed by atoms with E-state index in [2.05, 4.69) is 25.9 Å². The molecule has 1 heterocycles. The lowest BCUT2D eigenvalue weighted by atomic mass is 10.2. The Bertz CT molecular complexity index is 1010. The summed E-state index contributed by atoms with van der Waals surface area (Å²) in [4.78, 5) is 30.2. The van der Waals surface area contributed by atoms with Crippen molar-refractivity contribution in [1.29, 1.82) is 0 Å². The Morgan fingerprint density at radius 1 is 1.15 bits per heavy atom. The van der Waals surface area contributed by atoms with Crippen molar-refractivity contribution in [3.63, 3.8) is 0 Å². The van der Waals surface area contributed by atoms with Crippen molar-refractivity contribution in [2.75, 3.05) is 0 Å².